The molecule has 1 heterocycles. The van der Waals surface area contributed by atoms with Crippen molar-refractivity contribution in [1.82, 2.24) is 0 Å². The summed E-state index contributed by atoms with van der Waals surface area (Å²) in [5.41, 5.74) is 3.20. The van der Waals surface area contributed by atoms with Gasteiger partial charge in [0.15, 0.2) is 6.73 Å². The minimum Gasteiger partial charge on any atom is -0.473 e. The predicted molar refractivity (Wildman–Crippen MR) is 72.5 cm³/mol. The van der Waals surface area contributed by atoms with E-state index in [1.807, 2.05) is 36.4 Å². The zero-order valence-corrected chi connectivity index (χ0v) is 9.97. The fraction of sp³-hybridized carbons (Fsp3) is 0.125. The van der Waals surface area contributed by atoms with E-state index in [4.69, 9.17) is 11.2 Å². The van der Waals surface area contributed by atoms with Crippen molar-refractivity contribution in [3.63, 3.8) is 0 Å². The number of rotatable bonds is 1. The minimum absolute atomic E-state index is 0.576. The zero-order chi connectivity index (χ0) is 12.4. The van der Waals surface area contributed by atoms with E-state index in [9.17, 15) is 0 Å². The van der Waals surface area contributed by atoms with Gasteiger partial charge >= 0.3 is 0 Å². The molecule has 0 unspecified atom stereocenters. The average molecular weight is 235 g/mol. The van der Waals surface area contributed by atoms with Crippen molar-refractivity contribution >= 4 is 5.69 Å². The Kier molecular flexibility index (Phi) is 2.66. The molecule has 2 heteroatoms. The van der Waals surface area contributed by atoms with E-state index < -0.39 is 0 Å². The molecule has 0 bridgehead atoms. The first-order valence-electron chi connectivity index (χ1n) is 5.89. The van der Waals surface area contributed by atoms with Gasteiger partial charge in [0.2, 0.25) is 0 Å². The molecule has 18 heavy (non-hydrogen) atoms. The van der Waals surface area contributed by atoms with Gasteiger partial charge in [-0.05, 0) is 30.3 Å². The molecule has 0 saturated carbocycles. The highest BCUT2D eigenvalue weighted by atomic mass is 16.5. The third kappa shape index (κ3) is 1.91. The first kappa shape index (κ1) is 10.7. The lowest BCUT2D eigenvalue weighted by Crippen LogP contribution is -2.31. The number of ether oxygens (including phenoxy) is 1. The summed E-state index contributed by atoms with van der Waals surface area (Å²) in [7, 11) is 0. The maximum Gasteiger partial charge on any atom is 0.161 e. The molecule has 2 nitrogen and oxygen atoms in total. The van der Waals surface area contributed by atoms with Gasteiger partial charge in [0.05, 0.1) is 0 Å². The second-order valence-electron chi connectivity index (χ2n) is 4.27. The van der Waals surface area contributed by atoms with Gasteiger partial charge in [-0.3, -0.25) is 0 Å². The highest BCUT2D eigenvalue weighted by Crippen LogP contribution is 2.28. The Labute approximate surface area is 107 Å². The van der Waals surface area contributed by atoms with Crippen LogP contribution in [0, 0.1) is 12.3 Å². The molecule has 2 aromatic rings. The molecule has 3 rings (SSSR count). The molecule has 1 aliphatic heterocycles. The van der Waals surface area contributed by atoms with Crippen LogP contribution < -0.4 is 9.64 Å². The van der Waals surface area contributed by atoms with E-state index in [0.717, 1.165) is 29.1 Å². The predicted octanol–water partition coefficient (Wildman–Crippen LogP) is 3.02. The standard InChI is InChI=1S/C16H13NO/c1-2-13-8-9-16-14(10-13)11-17(12-18-16)15-6-4-3-5-7-15/h1,3-10H,11-12H2. The van der Waals surface area contributed by atoms with Gasteiger partial charge < -0.3 is 9.64 Å². The Hall–Kier alpha value is -2.40. The van der Waals surface area contributed by atoms with Crippen LogP contribution in [0.25, 0.3) is 0 Å². The summed E-state index contributed by atoms with van der Waals surface area (Å²) >= 11 is 0. The molecule has 0 aliphatic carbocycles. The smallest absolute Gasteiger partial charge is 0.161 e. The van der Waals surface area contributed by atoms with Crippen LogP contribution in [-0.2, 0) is 6.54 Å². The van der Waals surface area contributed by atoms with Crippen LogP contribution in [0.1, 0.15) is 11.1 Å². The number of nitrogens with zero attached hydrogens (tertiary/aromatic N) is 1. The van der Waals surface area contributed by atoms with Gasteiger partial charge in [0.25, 0.3) is 0 Å². The maximum atomic E-state index is 5.75. The highest BCUT2D eigenvalue weighted by molar-refractivity contribution is 5.51. The summed E-state index contributed by atoms with van der Waals surface area (Å²) in [6.45, 7) is 1.40. The summed E-state index contributed by atoms with van der Waals surface area (Å²) < 4.78 is 5.75. The fourth-order valence-corrected chi connectivity index (χ4v) is 2.14. The lowest BCUT2D eigenvalue weighted by molar-refractivity contribution is 0.289. The minimum atomic E-state index is 0.576. The summed E-state index contributed by atoms with van der Waals surface area (Å²) in [4.78, 5) is 2.18. The molecule has 0 atom stereocenters. The SMILES string of the molecule is C#Cc1ccc2c(c1)CN(c1ccccc1)CO2. The van der Waals surface area contributed by atoms with Crippen molar-refractivity contribution in [3.8, 4) is 18.1 Å². The number of hydrogen-bond donors (Lipinski definition) is 0. The summed E-state index contributed by atoms with van der Waals surface area (Å²) in [5, 5.41) is 0. The van der Waals surface area contributed by atoms with E-state index in [0.29, 0.717) is 6.73 Å². The van der Waals surface area contributed by atoms with Crippen LogP contribution in [0.3, 0.4) is 0 Å². The zero-order valence-electron chi connectivity index (χ0n) is 9.97. The number of para-hydroxylation sites is 1. The van der Waals surface area contributed by atoms with Gasteiger partial charge in [-0.15, -0.1) is 6.42 Å². The second-order valence-corrected chi connectivity index (χ2v) is 4.27. The third-order valence-corrected chi connectivity index (χ3v) is 3.09. The first-order valence-corrected chi connectivity index (χ1v) is 5.89. The van der Waals surface area contributed by atoms with Gasteiger partial charge in [-0.1, -0.05) is 24.1 Å². The molecule has 0 aromatic heterocycles. The Morgan fingerprint density at radius 3 is 2.72 bits per heavy atom. The van der Waals surface area contributed by atoms with Gasteiger partial charge in [-0.25, -0.2) is 0 Å². The van der Waals surface area contributed by atoms with Crippen LogP contribution in [0.5, 0.6) is 5.75 Å². The third-order valence-electron chi connectivity index (χ3n) is 3.09. The van der Waals surface area contributed by atoms with E-state index >= 15 is 0 Å². The molecule has 0 N–H and O–H groups in total. The second kappa shape index (κ2) is 4.46. The van der Waals surface area contributed by atoms with E-state index in [-0.39, 0.29) is 0 Å². The first-order chi connectivity index (χ1) is 8.86. The van der Waals surface area contributed by atoms with Crippen LogP contribution >= 0.6 is 0 Å². The molecule has 0 fully saturated rings. The molecule has 0 radical (unpaired) electrons. The van der Waals surface area contributed by atoms with Crippen LogP contribution in [0.2, 0.25) is 0 Å². The molecular weight excluding hydrogens is 222 g/mol. The van der Waals surface area contributed by atoms with Gasteiger partial charge in [0.1, 0.15) is 5.75 Å². The highest BCUT2D eigenvalue weighted by Gasteiger charge is 2.17. The average Bonchev–Trinajstić information content (AvgIpc) is 2.47. The van der Waals surface area contributed by atoms with Crippen LogP contribution in [0.4, 0.5) is 5.69 Å². The van der Waals surface area contributed by atoms with E-state index in [1.54, 1.807) is 0 Å². The number of hydrogen-bond acceptors (Lipinski definition) is 2. The van der Waals surface area contributed by atoms with Crippen LogP contribution in [0.15, 0.2) is 48.5 Å². The summed E-state index contributed by atoms with van der Waals surface area (Å²) in [5.74, 6) is 3.59. The lowest BCUT2D eigenvalue weighted by Gasteiger charge is -2.30. The topological polar surface area (TPSA) is 12.5 Å². The van der Waals surface area contributed by atoms with Crippen LogP contribution in [-0.4, -0.2) is 6.73 Å². The number of benzene rings is 2. The van der Waals surface area contributed by atoms with Crippen molar-refractivity contribution in [2.75, 3.05) is 11.6 Å². The summed E-state index contributed by atoms with van der Waals surface area (Å²) in [6.07, 6.45) is 5.42. The van der Waals surface area contributed by atoms with E-state index in [1.165, 1.54) is 0 Å². The lowest BCUT2D eigenvalue weighted by atomic mass is 10.1. The van der Waals surface area contributed by atoms with Crippen molar-refractivity contribution < 1.29 is 4.74 Å². The molecule has 2 aromatic carbocycles. The van der Waals surface area contributed by atoms with Crippen molar-refractivity contribution in [2.45, 2.75) is 6.54 Å². The van der Waals surface area contributed by atoms with Crippen molar-refractivity contribution in [3.05, 3.63) is 59.7 Å². The van der Waals surface area contributed by atoms with Gasteiger partial charge in [-0.2, -0.15) is 0 Å². The van der Waals surface area contributed by atoms with E-state index in [2.05, 4.69) is 23.0 Å². The largest absolute Gasteiger partial charge is 0.473 e. The maximum absolute atomic E-state index is 5.75. The molecule has 88 valence electrons. The number of anilines is 1. The Morgan fingerprint density at radius 1 is 1.11 bits per heavy atom. The quantitative estimate of drug-likeness (QED) is 0.704. The van der Waals surface area contributed by atoms with Gasteiger partial charge in [0, 0.05) is 23.4 Å². The van der Waals surface area contributed by atoms with Crippen molar-refractivity contribution in [1.29, 1.82) is 0 Å². The number of terminal acetylenes is 1. The van der Waals surface area contributed by atoms with Crippen molar-refractivity contribution in [2.24, 2.45) is 0 Å². The fourth-order valence-electron chi connectivity index (χ4n) is 2.14. The monoisotopic (exact) mass is 235 g/mol. The normalized spacial score (nSPS) is 13.4. The molecular formula is C16H13NO. The molecule has 1 aliphatic rings. The molecule has 0 saturated heterocycles. The Balaban J connectivity index is 1.91. The Morgan fingerprint density at radius 2 is 1.94 bits per heavy atom. The number of fused-ring (bicyclic) bond motifs is 1. The molecule has 0 amide bonds. The summed E-state index contributed by atoms with van der Waals surface area (Å²) in [6, 6.07) is 16.1. The Bertz CT molecular complexity index is 598. The molecule has 0 spiro atoms.